The fraction of sp³-hybridized carbons (Fsp3) is 1.00. The van der Waals surface area contributed by atoms with E-state index < -0.39 is 8.56 Å². The van der Waals surface area contributed by atoms with Crippen molar-refractivity contribution in [2.24, 2.45) is 5.41 Å². The van der Waals surface area contributed by atoms with E-state index in [0.29, 0.717) is 5.41 Å². The fourth-order valence-corrected chi connectivity index (χ4v) is 6.93. The second-order valence-corrected chi connectivity index (χ2v) is 13.1. The van der Waals surface area contributed by atoms with Crippen molar-refractivity contribution in [2.45, 2.75) is 71.4 Å². The van der Waals surface area contributed by atoms with Crippen molar-refractivity contribution in [3.8, 4) is 0 Å². The summed E-state index contributed by atoms with van der Waals surface area (Å²) < 4.78 is 12.4. The zero-order valence-corrected chi connectivity index (χ0v) is 22.4. The highest BCUT2D eigenvalue weighted by atomic mass is 28.4. The molecule has 0 bridgehead atoms. The van der Waals surface area contributed by atoms with Gasteiger partial charge in [0.25, 0.3) is 0 Å². The van der Waals surface area contributed by atoms with Crippen molar-refractivity contribution in [2.75, 3.05) is 75.1 Å². The smallest absolute Gasteiger partial charge is 0.334 e. The van der Waals surface area contributed by atoms with Gasteiger partial charge >= 0.3 is 8.56 Å². The van der Waals surface area contributed by atoms with Gasteiger partial charge in [0.2, 0.25) is 0 Å². The standard InChI is InChI=1S/C23H53N3O2Si/c1-10-27-29(9,28-11-2)22-18-23(15-12-19-24(3)4,16-13-20-25(5)6)17-14-21-26(7)8/h10-22H2,1-9H3. The van der Waals surface area contributed by atoms with Gasteiger partial charge in [0, 0.05) is 13.2 Å². The first-order valence-corrected chi connectivity index (χ1v) is 14.3. The maximum absolute atomic E-state index is 6.19. The van der Waals surface area contributed by atoms with Crippen LogP contribution < -0.4 is 0 Å². The molecule has 0 aliphatic heterocycles. The summed E-state index contributed by atoms with van der Waals surface area (Å²) in [6.07, 6.45) is 9.01. The van der Waals surface area contributed by atoms with E-state index in [-0.39, 0.29) is 0 Å². The van der Waals surface area contributed by atoms with Crippen molar-refractivity contribution in [3.63, 3.8) is 0 Å². The second-order valence-electron chi connectivity index (χ2n) is 9.72. The number of rotatable bonds is 19. The monoisotopic (exact) mass is 431 g/mol. The van der Waals surface area contributed by atoms with Crippen LogP contribution >= 0.6 is 0 Å². The maximum Gasteiger partial charge on any atom is 0.334 e. The van der Waals surface area contributed by atoms with Gasteiger partial charge in [-0.15, -0.1) is 0 Å². The Labute approximate surface area is 184 Å². The van der Waals surface area contributed by atoms with Crippen LogP contribution in [0.4, 0.5) is 0 Å². The Balaban J connectivity index is 5.32. The lowest BCUT2D eigenvalue weighted by atomic mass is 9.73. The molecular weight excluding hydrogens is 378 g/mol. The van der Waals surface area contributed by atoms with Crippen LogP contribution in [0.25, 0.3) is 0 Å². The topological polar surface area (TPSA) is 28.2 Å². The molecule has 0 spiro atoms. The lowest BCUT2D eigenvalue weighted by Gasteiger charge is -2.38. The molecule has 0 fully saturated rings. The Hall–Kier alpha value is 0.0169. The van der Waals surface area contributed by atoms with E-state index in [1.807, 2.05) is 0 Å². The van der Waals surface area contributed by atoms with E-state index in [9.17, 15) is 0 Å². The third kappa shape index (κ3) is 14.6. The molecule has 6 heteroatoms. The molecule has 0 heterocycles. The Kier molecular flexibility index (Phi) is 15.8. The summed E-state index contributed by atoms with van der Waals surface area (Å²) in [6, 6.07) is 1.11. The largest absolute Gasteiger partial charge is 0.395 e. The van der Waals surface area contributed by atoms with E-state index in [0.717, 1.165) is 19.3 Å². The summed E-state index contributed by atoms with van der Waals surface area (Å²) >= 11 is 0. The summed E-state index contributed by atoms with van der Waals surface area (Å²) in [5.41, 5.74) is 0.407. The highest BCUT2D eigenvalue weighted by molar-refractivity contribution is 6.66. The van der Waals surface area contributed by atoms with Crippen LogP contribution in [0.3, 0.4) is 0 Å². The highest BCUT2D eigenvalue weighted by Crippen LogP contribution is 2.42. The molecule has 0 amide bonds. The van der Waals surface area contributed by atoms with Crippen LogP contribution in [0.5, 0.6) is 0 Å². The molecular formula is C23H53N3O2Si. The molecule has 29 heavy (non-hydrogen) atoms. The third-order valence-corrected chi connectivity index (χ3v) is 8.90. The molecule has 0 aliphatic carbocycles. The molecule has 0 aromatic carbocycles. The van der Waals surface area contributed by atoms with Gasteiger partial charge in [-0.2, -0.15) is 0 Å². The molecule has 0 saturated heterocycles. The molecule has 0 rings (SSSR count). The van der Waals surface area contributed by atoms with Crippen molar-refractivity contribution in [1.82, 2.24) is 14.7 Å². The van der Waals surface area contributed by atoms with Crippen LogP contribution in [-0.4, -0.2) is 98.4 Å². The third-order valence-electron chi connectivity index (χ3n) is 5.95. The Bertz CT molecular complexity index is 350. The summed E-state index contributed by atoms with van der Waals surface area (Å²) in [7, 11) is 11.1. The molecule has 0 radical (unpaired) electrons. The van der Waals surface area contributed by atoms with Crippen molar-refractivity contribution in [1.29, 1.82) is 0 Å². The van der Waals surface area contributed by atoms with Crippen LogP contribution in [0.2, 0.25) is 12.6 Å². The minimum absolute atomic E-state index is 0.407. The van der Waals surface area contributed by atoms with Gasteiger partial charge in [-0.05, 0) is 139 Å². The van der Waals surface area contributed by atoms with Crippen LogP contribution in [-0.2, 0) is 8.85 Å². The maximum atomic E-state index is 6.19. The van der Waals surface area contributed by atoms with Crippen LogP contribution in [0.15, 0.2) is 0 Å². The van der Waals surface area contributed by atoms with Crippen molar-refractivity contribution in [3.05, 3.63) is 0 Å². The minimum atomic E-state index is -2.07. The lowest BCUT2D eigenvalue weighted by molar-refractivity contribution is 0.150. The van der Waals surface area contributed by atoms with E-state index in [1.165, 1.54) is 64.6 Å². The first-order chi connectivity index (χ1) is 13.6. The summed E-state index contributed by atoms with van der Waals surface area (Å²) in [5.74, 6) is 0. The van der Waals surface area contributed by atoms with Gasteiger partial charge in [0.15, 0.2) is 0 Å². The zero-order valence-electron chi connectivity index (χ0n) is 21.4. The molecule has 0 unspecified atom stereocenters. The fourth-order valence-electron chi connectivity index (χ4n) is 4.35. The van der Waals surface area contributed by atoms with Crippen LogP contribution in [0.1, 0.15) is 58.8 Å². The molecule has 0 aromatic rings. The van der Waals surface area contributed by atoms with Crippen molar-refractivity contribution < 1.29 is 8.85 Å². The molecule has 0 aromatic heterocycles. The molecule has 5 nitrogen and oxygen atoms in total. The Morgan fingerprint density at radius 2 is 0.966 bits per heavy atom. The van der Waals surface area contributed by atoms with Gasteiger partial charge in [-0.1, -0.05) is 0 Å². The molecule has 0 saturated carbocycles. The van der Waals surface area contributed by atoms with E-state index in [1.54, 1.807) is 0 Å². The Morgan fingerprint density at radius 3 is 1.24 bits per heavy atom. The molecule has 176 valence electrons. The summed E-state index contributed by atoms with van der Waals surface area (Å²) in [4.78, 5) is 6.97. The van der Waals surface area contributed by atoms with Gasteiger partial charge in [-0.3, -0.25) is 0 Å². The predicted molar refractivity (Wildman–Crippen MR) is 130 cm³/mol. The summed E-state index contributed by atoms with van der Waals surface area (Å²) in [5, 5.41) is 0. The first kappa shape index (κ1) is 29.0. The summed E-state index contributed by atoms with van der Waals surface area (Å²) in [6.45, 7) is 11.5. The van der Waals surface area contributed by atoms with Crippen molar-refractivity contribution >= 4 is 8.56 Å². The average molecular weight is 432 g/mol. The quantitative estimate of drug-likeness (QED) is 0.280. The Morgan fingerprint density at radius 1 is 0.621 bits per heavy atom. The SMILES string of the molecule is CCO[Si](C)(CCC(CCCN(C)C)(CCCN(C)C)CCCN(C)C)OCC. The normalized spacial score (nSPS) is 13.2. The molecule has 0 atom stereocenters. The van der Waals surface area contributed by atoms with Gasteiger partial charge < -0.3 is 23.6 Å². The molecule has 0 aliphatic rings. The second kappa shape index (κ2) is 15.8. The van der Waals surface area contributed by atoms with Crippen LogP contribution in [0, 0.1) is 5.41 Å². The number of hydrogen-bond acceptors (Lipinski definition) is 5. The van der Waals surface area contributed by atoms with Gasteiger partial charge in [-0.25, -0.2) is 0 Å². The first-order valence-electron chi connectivity index (χ1n) is 11.8. The number of hydrogen-bond donors (Lipinski definition) is 0. The lowest BCUT2D eigenvalue weighted by Crippen LogP contribution is -2.40. The average Bonchev–Trinajstić information content (AvgIpc) is 2.59. The predicted octanol–water partition coefficient (Wildman–Crippen LogP) is 4.53. The molecule has 0 N–H and O–H groups in total. The van der Waals surface area contributed by atoms with E-state index in [2.05, 4.69) is 77.4 Å². The zero-order chi connectivity index (χ0) is 22.3. The van der Waals surface area contributed by atoms with Gasteiger partial charge in [0.1, 0.15) is 0 Å². The van der Waals surface area contributed by atoms with Gasteiger partial charge in [0.05, 0.1) is 0 Å². The van der Waals surface area contributed by atoms with E-state index in [4.69, 9.17) is 8.85 Å². The van der Waals surface area contributed by atoms with E-state index >= 15 is 0 Å². The highest BCUT2D eigenvalue weighted by Gasteiger charge is 2.36. The number of nitrogens with zero attached hydrogens (tertiary/aromatic N) is 3. The minimum Gasteiger partial charge on any atom is -0.395 e.